The lowest BCUT2D eigenvalue weighted by atomic mass is 10.2. The summed E-state index contributed by atoms with van der Waals surface area (Å²) in [4.78, 5) is 13.4. The van der Waals surface area contributed by atoms with Crippen LogP contribution in [-0.4, -0.2) is 32.6 Å². The molecule has 3 rings (SSSR count). The summed E-state index contributed by atoms with van der Waals surface area (Å²) in [5.41, 5.74) is 0.592. The summed E-state index contributed by atoms with van der Waals surface area (Å²) < 4.78 is 18.1. The van der Waals surface area contributed by atoms with Crippen molar-refractivity contribution in [3.63, 3.8) is 0 Å². The standard InChI is InChI=1S/C15H13FN4O3/c16-10-3-5-11(6-4-10)20-17-8-12(19-20)15(22)18-13(9-21)14-2-1-7-23-14/h1-8,13,21H,9H2,(H,18,22). The van der Waals surface area contributed by atoms with Crippen LogP contribution >= 0.6 is 0 Å². The normalized spacial score (nSPS) is 12.1. The first kappa shape index (κ1) is 14.9. The number of aliphatic hydroxyl groups is 1. The summed E-state index contributed by atoms with van der Waals surface area (Å²) >= 11 is 0. The fraction of sp³-hybridized carbons (Fsp3) is 0.133. The molecular formula is C15H13FN4O3. The van der Waals surface area contributed by atoms with Gasteiger partial charge in [-0.15, -0.1) is 5.10 Å². The Hall–Kier alpha value is -3.00. The number of carbonyl (C=O) groups excluding carboxylic acids is 1. The van der Waals surface area contributed by atoms with Gasteiger partial charge in [0.15, 0.2) is 5.69 Å². The van der Waals surface area contributed by atoms with Crippen LogP contribution in [0.1, 0.15) is 22.3 Å². The first-order chi connectivity index (χ1) is 11.2. The number of furan rings is 1. The van der Waals surface area contributed by atoms with Gasteiger partial charge >= 0.3 is 0 Å². The molecule has 0 aliphatic rings. The molecule has 3 aromatic rings. The van der Waals surface area contributed by atoms with E-state index in [0.717, 1.165) is 0 Å². The third-order valence-electron chi connectivity index (χ3n) is 3.16. The lowest BCUT2D eigenvalue weighted by molar-refractivity contribution is 0.0902. The smallest absolute Gasteiger partial charge is 0.274 e. The average Bonchev–Trinajstić information content (AvgIpc) is 3.24. The molecule has 0 aliphatic heterocycles. The Morgan fingerprint density at radius 1 is 1.35 bits per heavy atom. The van der Waals surface area contributed by atoms with Crippen molar-refractivity contribution in [2.75, 3.05) is 6.61 Å². The van der Waals surface area contributed by atoms with Crippen molar-refractivity contribution in [1.29, 1.82) is 0 Å². The topological polar surface area (TPSA) is 93.2 Å². The van der Waals surface area contributed by atoms with Crippen LogP contribution < -0.4 is 5.32 Å². The number of amides is 1. The molecule has 2 N–H and O–H groups in total. The number of nitrogens with zero attached hydrogens (tertiary/aromatic N) is 3. The van der Waals surface area contributed by atoms with E-state index in [-0.39, 0.29) is 18.1 Å². The lowest BCUT2D eigenvalue weighted by Crippen LogP contribution is -2.30. The Morgan fingerprint density at radius 3 is 2.78 bits per heavy atom. The van der Waals surface area contributed by atoms with Crippen LogP contribution in [0.5, 0.6) is 0 Å². The van der Waals surface area contributed by atoms with Crippen molar-refractivity contribution in [2.24, 2.45) is 0 Å². The lowest BCUT2D eigenvalue weighted by Gasteiger charge is -2.12. The van der Waals surface area contributed by atoms with Gasteiger partial charge in [0, 0.05) is 0 Å². The van der Waals surface area contributed by atoms with Crippen LogP contribution in [0.2, 0.25) is 0 Å². The second-order valence-electron chi connectivity index (χ2n) is 4.72. The van der Waals surface area contributed by atoms with E-state index >= 15 is 0 Å². The zero-order valence-electron chi connectivity index (χ0n) is 11.9. The first-order valence-corrected chi connectivity index (χ1v) is 6.81. The van der Waals surface area contributed by atoms with Crippen molar-refractivity contribution in [3.05, 3.63) is 66.1 Å². The maximum Gasteiger partial charge on any atom is 0.274 e. The first-order valence-electron chi connectivity index (χ1n) is 6.81. The van der Waals surface area contributed by atoms with Gasteiger partial charge in [0.25, 0.3) is 5.91 Å². The number of hydrogen-bond acceptors (Lipinski definition) is 5. The second-order valence-corrected chi connectivity index (χ2v) is 4.72. The SMILES string of the molecule is O=C(NC(CO)c1ccco1)c1cnn(-c2ccc(F)cc2)n1. The fourth-order valence-electron chi connectivity index (χ4n) is 1.99. The molecule has 8 heteroatoms. The second kappa shape index (κ2) is 6.41. The third-order valence-corrected chi connectivity index (χ3v) is 3.16. The molecule has 2 heterocycles. The predicted molar refractivity (Wildman–Crippen MR) is 77.3 cm³/mol. The average molecular weight is 316 g/mol. The Labute approximate surface area is 130 Å². The van der Waals surface area contributed by atoms with E-state index in [0.29, 0.717) is 11.4 Å². The van der Waals surface area contributed by atoms with E-state index in [2.05, 4.69) is 15.5 Å². The monoisotopic (exact) mass is 316 g/mol. The Kier molecular flexibility index (Phi) is 4.15. The van der Waals surface area contributed by atoms with Crippen LogP contribution in [0.3, 0.4) is 0 Å². The van der Waals surface area contributed by atoms with E-state index in [1.807, 2.05) is 0 Å². The molecule has 1 unspecified atom stereocenters. The molecule has 0 radical (unpaired) electrons. The van der Waals surface area contributed by atoms with Crippen LogP contribution in [-0.2, 0) is 0 Å². The van der Waals surface area contributed by atoms with E-state index in [9.17, 15) is 14.3 Å². The van der Waals surface area contributed by atoms with E-state index in [1.54, 1.807) is 12.1 Å². The highest BCUT2D eigenvalue weighted by atomic mass is 19.1. The van der Waals surface area contributed by atoms with Crippen LogP contribution in [0, 0.1) is 5.82 Å². The molecule has 7 nitrogen and oxygen atoms in total. The van der Waals surface area contributed by atoms with E-state index < -0.39 is 11.9 Å². The summed E-state index contributed by atoms with van der Waals surface area (Å²) in [6, 6.07) is 8.18. The quantitative estimate of drug-likeness (QED) is 0.743. The van der Waals surface area contributed by atoms with Gasteiger partial charge in [-0.1, -0.05) is 0 Å². The van der Waals surface area contributed by atoms with Crippen LogP contribution in [0.25, 0.3) is 5.69 Å². The predicted octanol–water partition coefficient (Wildman–Crippen LogP) is 1.46. The number of halogens is 1. The Balaban J connectivity index is 1.74. The molecule has 0 bridgehead atoms. The number of nitrogens with one attached hydrogen (secondary N) is 1. The van der Waals surface area contributed by atoms with Gasteiger partial charge in [-0.25, -0.2) is 4.39 Å². The molecular weight excluding hydrogens is 303 g/mol. The molecule has 0 spiro atoms. The maximum atomic E-state index is 12.9. The van der Waals surface area contributed by atoms with Gasteiger partial charge in [0.05, 0.1) is 24.8 Å². The minimum absolute atomic E-state index is 0.0688. The van der Waals surface area contributed by atoms with Crippen molar-refractivity contribution in [3.8, 4) is 5.69 Å². The number of rotatable bonds is 5. The highest BCUT2D eigenvalue weighted by Crippen LogP contribution is 2.13. The molecule has 2 aromatic heterocycles. The summed E-state index contributed by atoms with van der Waals surface area (Å²) in [7, 11) is 0. The number of aliphatic hydroxyl groups excluding tert-OH is 1. The summed E-state index contributed by atoms with van der Waals surface area (Å²) in [6.07, 6.45) is 2.74. The molecule has 0 saturated heterocycles. The molecule has 1 atom stereocenters. The van der Waals surface area contributed by atoms with Gasteiger partial charge in [0.1, 0.15) is 17.6 Å². The molecule has 1 aromatic carbocycles. The minimum atomic E-state index is -0.673. The summed E-state index contributed by atoms with van der Waals surface area (Å²) in [5, 5.41) is 20.0. The molecule has 1 amide bonds. The van der Waals surface area contributed by atoms with Gasteiger partial charge in [-0.05, 0) is 36.4 Å². The van der Waals surface area contributed by atoms with Crippen LogP contribution in [0.15, 0.2) is 53.3 Å². The number of carbonyl (C=O) groups is 1. The maximum absolute atomic E-state index is 12.9. The van der Waals surface area contributed by atoms with Crippen LogP contribution in [0.4, 0.5) is 4.39 Å². The Bertz CT molecular complexity index is 783. The summed E-state index contributed by atoms with van der Waals surface area (Å²) in [5.74, 6) is -0.441. The molecule has 23 heavy (non-hydrogen) atoms. The molecule has 0 fully saturated rings. The molecule has 0 saturated carbocycles. The minimum Gasteiger partial charge on any atom is -0.467 e. The Morgan fingerprint density at radius 2 is 2.13 bits per heavy atom. The number of aromatic nitrogens is 3. The molecule has 0 aliphatic carbocycles. The van der Waals surface area contributed by atoms with Crippen molar-refractivity contribution >= 4 is 5.91 Å². The van der Waals surface area contributed by atoms with Crippen molar-refractivity contribution in [2.45, 2.75) is 6.04 Å². The number of benzene rings is 1. The summed E-state index contributed by atoms with van der Waals surface area (Å²) in [6.45, 7) is -0.314. The zero-order chi connectivity index (χ0) is 16.2. The zero-order valence-corrected chi connectivity index (χ0v) is 11.9. The van der Waals surface area contributed by atoms with Crippen molar-refractivity contribution < 1.29 is 18.7 Å². The van der Waals surface area contributed by atoms with Gasteiger partial charge in [-0.2, -0.15) is 9.90 Å². The van der Waals surface area contributed by atoms with Crippen molar-refractivity contribution in [1.82, 2.24) is 20.3 Å². The highest BCUT2D eigenvalue weighted by molar-refractivity contribution is 5.92. The van der Waals surface area contributed by atoms with Gasteiger partial charge < -0.3 is 14.8 Å². The third kappa shape index (κ3) is 3.27. The van der Waals surface area contributed by atoms with Gasteiger partial charge in [-0.3, -0.25) is 4.79 Å². The van der Waals surface area contributed by atoms with Gasteiger partial charge in [0.2, 0.25) is 0 Å². The largest absolute Gasteiger partial charge is 0.467 e. The molecule has 118 valence electrons. The van der Waals surface area contributed by atoms with E-state index in [4.69, 9.17) is 4.42 Å². The highest BCUT2D eigenvalue weighted by Gasteiger charge is 2.19. The number of hydrogen-bond donors (Lipinski definition) is 2. The fourth-order valence-corrected chi connectivity index (χ4v) is 1.99. The van der Waals surface area contributed by atoms with E-state index in [1.165, 1.54) is 41.5 Å².